The normalized spacial score (nSPS) is 21.6. The van der Waals surface area contributed by atoms with Crippen molar-refractivity contribution >= 4 is 28.7 Å². The number of amides is 1. The second-order valence-corrected chi connectivity index (χ2v) is 8.57. The molecule has 2 N–H and O–H groups in total. The van der Waals surface area contributed by atoms with Crippen LogP contribution in [0.4, 0.5) is 19.0 Å². The molecule has 2 heterocycles. The molecule has 34 heavy (non-hydrogen) atoms. The first-order valence-electron chi connectivity index (χ1n) is 11.3. The Morgan fingerprint density at radius 1 is 1.21 bits per heavy atom. The van der Waals surface area contributed by atoms with Crippen LogP contribution in [0.25, 0.3) is 11.0 Å². The van der Waals surface area contributed by atoms with Gasteiger partial charge in [-0.05, 0) is 50.8 Å². The van der Waals surface area contributed by atoms with Gasteiger partial charge in [0.15, 0.2) is 11.4 Å². The molecule has 2 aliphatic rings. The van der Waals surface area contributed by atoms with Gasteiger partial charge in [-0.1, -0.05) is 5.16 Å². The lowest BCUT2D eigenvalue weighted by atomic mass is 9.84. The van der Waals surface area contributed by atoms with Gasteiger partial charge in [-0.15, -0.1) is 13.2 Å². The summed E-state index contributed by atoms with van der Waals surface area (Å²) in [5, 5.41) is 9.79. The van der Waals surface area contributed by atoms with Crippen molar-refractivity contribution in [2.75, 3.05) is 31.6 Å². The zero-order valence-electron chi connectivity index (χ0n) is 18.7. The number of likely N-dealkylation sites (tertiary alicyclic amines) is 1. The monoisotopic (exact) mass is 484 g/mol. The SMILES string of the molecule is CCOC(=O)[C@H]1CC[C@@H](N2CC(NC(=O)CNc3noc4ccc(OC(F)(F)F)cc34)C2)CC1. The number of carbonyl (C=O) groups is 2. The van der Waals surface area contributed by atoms with Crippen LogP contribution in [0.15, 0.2) is 22.7 Å². The number of carbonyl (C=O) groups excluding carboxylic acids is 2. The van der Waals surface area contributed by atoms with E-state index in [0.29, 0.717) is 12.6 Å². The van der Waals surface area contributed by atoms with Gasteiger partial charge in [0.25, 0.3) is 0 Å². The molecular weight excluding hydrogens is 457 g/mol. The van der Waals surface area contributed by atoms with Gasteiger partial charge in [-0.3, -0.25) is 14.5 Å². The number of ether oxygens (including phenoxy) is 2. The molecule has 0 atom stereocenters. The summed E-state index contributed by atoms with van der Waals surface area (Å²) in [6.45, 7) is 3.59. The van der Waals surface area contributed by atoms with Crippen molar-refractivity contribution in [1.82, 2.24) is 15.4 Å². The number of anilines is 1. The third-order valence-electron chi connectivity index (χ3n) is 6.20. The zero-order valence-corrected chi connectivity index (χ0v) is 18.7. The highest BCUT2D eigenvalue weighted by Crippen LogP contribution is 2.31. The Hall–Kier alpha value is -3.02. The van der Waals surface area contributed by atoms with Crippen LogP contribution in [0.1, 0.15) is 32.6 Å². The summed E-state index contributed by atoms with van der Waals surface area (Å²) >= 11 is 0. The van der Waals surface area contributed by atoms with Crippen molar-refractivity contribution in [2.45, 2.75) is 51.1 Å². The fraction of sp³-hybridized carbons (Fsp3) is 0.591. The third-order valence-corrected chi connectivity index (χ3v) is 6.20. The average molecular weight is 484 g/mol. The molecule has 186 valence electrons. The van der Waals surface area contributed by atoms with Gasteiger partial charge in [-0.25, -0.2) is 0 Å². The molecule has 1 aliphatic carbocycles. The maximum atomic E-state index is 12.5. The van der Waals surface area contributed by atoms with Gasteiger partial charge < -0.3 is 24.6 Å². The van der Waals surface area contributed by atoms with E-state index >= 15 is 0 Å². The molecule has 9 nitrogen and oxygen atoms in total. The Morgan fingerprint density at radius 2 is 1.94 bits per heavy atom. The fourth-order valence-electron chi connectivity index (χ4n) is 4.52. The smallest absolute Gasteiger partial charge is 0.466 e. The van der Waals surface area contributed by atoms with Crippen molar-refractivity contribution < 1.29 is 36.8 Å². The maximum absolute atomic E-state index is 12.5. The summed E-state index contributed by atoms with van der Waals surface area (Å²) in [5.74, 6) is -0.614. The summed E-state index contributed by atoms with van der Waals surface area (Å²) in [4.78, 5) is 26.5. The number of nitrogens with one attached hydrogen (secondary N) is 2. The maximum Gasteiger partial charge on any atom is 0.573 e. The van der Waals surface area contributed by atoms with Crippen LogP contribution < -0.4 is 15.4 Å². The first-order valence-corrected chi connectivity index (χ1v) is 11.3. The van der Waals surface area contributed by atoms with Crippen molar-refractivity contribution in [3.8, 4) is 5.75 Å². The number of esters is 1. The predicted molar refractivity (Wildman–Crippen MR) is 115 cm³/mol. The molecule has 2 fully saturated rings. The minimum absolute atomic E-state index is 0.0113. The van der Waals surface area contributed by atoms with Gasteiger partial charge in [-0.2, -0.15) is 0 Å². The van der Waals surface area contributed by atoms with E-state index in [2.05, 4.69) is 25.4 Å². The number of rotatable bonds is 8. The van der Waals surface area contributed by atoms with E-state index in [9.17, 15) is 22.8 Å². The average Bonchev–Trinajstić information content (AvgIpc) is 3.16. The highest BCUT2D eigenvalue weighted by Gasteiger charge is 2.37. The molecule has 0 bridgehead atoms. The molecule has 1 aromatic carbocycles. The number of benzene rings is 1. The van der Waals surface area contributed by atoms with Crippen LogP contribution in [0.3, 0.4) is 0 Å². The summed E-state index contributed by atoms with van der Waals surface area (Å²) < 4.78 is 51.5. The Morgan fingerprint density at radius 3 is 2.62 bits per heavy atom. The van der Waals surface area contributed by atoms with Crippen LogP contribution in [0.5, 0.6) is 5.75 Å². The molecule has 1 amide bonds. The fourth-order valence-corrected chi connectivity index (χ4v) is 4.52. The van der Waals surface area contributed by atoms with Gasteiger partial charge >= 0.3 is 12.3 Å². The second-order valence-electron chi connectivity index (χ2n) is 8.57. The van der Waals surface area contributed by atoms with Crippen molar-refractivity contribution in [1.29, 1.82) is 0 Å². The van der Waals surface area contributed by atoms with E-state index in [-0.39, 0.29) is 47.2 Å². The number of aromatic nitrogens is 1. The molecule has 0 radical (unpaired) electrons. The molecule has 1 saturated carbocycles. The minimum Gasteiger partial charge on any atom is -0.466 e. The van der Waals surface area contributed by atoms with Crippen LogP contribution in [-0.4, -0.2) is 66.6 Å². The lowest BCUT2D eigenvalue weighted by molar-refractivity contribution is -0.274. The Labute approximate surface area is 193 Å². The topological polar surface area (TPSA) is 106 Å². The standard InChI is InChI=1S/C22H27F3N4O5/c1-2-32-21(31)13-3-5-15(6-4-13)29-11-14(12-29)27-19(30)10-26-20-17-9-16(33-22(23,24)25)7-8-18(17)34-28-20/h7-9,13-15H,2-6,10-12H2,1H3,(H,26,28)(H,27,30)/t13-,15+. The van der Waals surface area contributed by atoms with E-state index in [4.69, 9.17) is 9.26 Å². The first kappa shape index (κ1) is 24.1. The Kier molecular flexibility index (Phi) is 7.15. The van der Waals surface area contributed by atoms with E-state index in [0.717, 1.165) is 50.9 Å². The molecule has 0 spiro atoms. The molecule has 1 aromatic heterocycles. The molecule has 2 aromatic rings. The Bertz CT molecular complexity index is 1010. The van der Waals surface area contributed by atoms with Crippen molar-refractivity contribution in [3.63, 3.8) is 0 Å². The molecule has 4 rings (SSSR count). The predicted octanol–water partition coefficient (Wildman–Crippen LogP) is 3.06. The molecule has 0 unspecified atom stereocenters. The quantitative estimate of drug-likeness (QED) is 0.551. The summed E-state index contributed by atoms with van der Waals surface area (Å²) in [5.41, 5.74) is 0.268. The number of nitrogens with zero attached hydrogens (tertiary/aromatic N) is 2. The molecule has 1 saturated heterocycles. The highest BCUT2D eigenvalue weighted by molar-refractivity contribution is 5.91. The first-order chi connectivity index (χ1) is 16.2. The Balaban J connectivity index is 1.20. The number of halogens is 3. The van der Waals surface area contributed by atoms with Gasteiger partial charge in [0.2, 0.25) is 5.91 Å². The van der Waals surface area contributed by atoms with E-state index in [1.165, 1.54) is 6.07 Å². The number of hydrogen-bond acceptors (Lipinski definition) is 8. The largest absolute Gasteiger partial charge is 0.573 e. The second kappa shape index (κ2) is 10.1. The minimum atomic E-state index is -4.81. The number of alkyl halides is 3. The van der Waals surface area contributed by atoms with Gasteiger partial charge in [0.1, 0.15) is 5.75 Å². The molecule has 1 aliphatic heterocycles. The van der Waals surface area contributed by atoms with E-state index in [1.807, 2.05) is 6.92 Å². The van der Waals surface area contributed by atoms with Crippen LogP contribution in [-0.2, 0) is 14.3 Å². The molecule has 12 heteroatoms. The van der Waals surface area contributed by atoms with Crippen LogP contribution >= 0.6 is 0 Å². The summed E-state index contributed by atoms with van der Waals surface area (Å²) in [6, 6.07) is 4.03. The molecular formula is C22H27F3N4O5. The lowest BCUT2D eigenvalue weighted by Crippen LogP contribution is -2.63. The van der Waals surface area contributed by atoms with Gasteiger partial charge in [0.05, 0.1) is 30.5 Å². The van der Waals surface area contributed by atoms with Crippen LogP contribution in [0.2, 0.25) is 0 Å². The van der Waals surface area contributed by atoms with Crippen molar-refractivity contribution in [3.05, 3.63) is 18.2 Å². The lowest BCUT2D eigenvalue weighted by Gasteiger charge is -2.46. The third kappa shape index (κ3) is 5.91. The zero-order chi connectivity index (χ0) is 24.3. The summed E-state index contributed by atoms with van der Waals surface area (Å²) in [7, 11) is 0. The van der Waals surface area contributed by atoms with E-state index in [1.54, 1.807) is 0 Å². The number of hydrogen-bond donors (Lipinski definition) is 2. The summed E-state index contributed by atoms with van der Waals surface area (Å²) in [6.07, 6.45) is -1.30. The highest BCUT2D eigenvalue weighted by atomic mass is 19.4. The van der Waals surface area contributed by atoms with Gasteiger partial charge in [0, 0.05) is 19.1 Å². The van der Waals surface area contributed by atoms with Crippen LogP contribution in [0, 0.1) is 5.92 Å². The number of fused-ring (bicyclic) bond motifs is 1. The van der Waals surface area contributed by atoms with E-state index < -0.39 is 12.1 Å². The van der Waals surface area contributed by atoms with Crippen molar-refractivity contribution in [2.24, 2.45) is 5.92 Å².